The van der Waals surface area contributed by atoms with E-state index in [1.54, 1.807) is 18.2 Å². The van der Waals surface area contributed by atoms with Crippen molar-refractivity contribution in [3.8, 4) is 0 Å². The molecule has 0 radical (unpaired) electrons. The molecule has 2 amide bonds. The molecule has 0 heterocycles. The second-order valence-electron chi connectivity index (χ2n) is 5.30. The van der Waals surface area contributed by atoms with Gasteiger partial charge >= 0.3 is 0 Å². The highest BCUT2D eigenvalue weighted by atomic mass is 16.2. The van der Waals surface area contributed by atoms with Crippen molar-refractivity contribution < 1.29 is 9.59 Å². The maximum Gasteiger partial charge on any atom is 0.251 e. The molecule has 5 nitrogen and oxygen atoms in total. The lowest BCUT2D eigenvalue weighted by atomic mass is 10.1. The van der Waals surface area contributed by atoms with Crippen molar-refractivity contribution in [3.63, 3.8) is 0 Å². The summed E-state index contributed by atoms with van der Waals surface area (Å²) in [5.41, 5.74) is 2.23. The molecule has 0 unspecified atom stereocenters. The molecule has 1 rings (SSSR count). The molecule has 5 heteroatoms. The Hall–Kier alpha value is -1.88. The molecule has 0 aliphatic carbocycles. The Labute approximate surface area is 126 Å². The van der Waals surface area contributed by atoms with Gasteiger partial charge in [-0.05, 0) is 37.6 Å². The number of amides is 2. The molecule has 0 saturated carbocycles. The third-order valence-electron chi connectivity index (χ3n) is 3.00. The molecule has 0 spiro atoms. The minimum Gasteiger partial charge on any atom is -0.352 e. The first-order valence-electron chi connectivity index (χ1n) is 7.36. The van der Waals surface area contributed by atoms with Crippen LogP contribution in [0.4, 0.5) is 5.69 Å². The summed E-state index contributed by atoms with van der Waals surface area (Å²) in [7, 11) is 0. The molecule has 0 aromatic heterocycles. The summed E-state index contributed by atoms with van der Waals surface area (Å²) in [6.45, 7) is 9.10. The first kappa shape index (κ1) is 17.2. The van der Waals surface area contributed by atoms with Gasteiger partial charge in [0, 0.05) is 36.8 Å². The summed E-state index contributed by atoms with van der Waals surface area (Å²) in [6, 6.07) is 5.65. The average Bonchev–Trinajstić information content (AvgIpc) is 2.41. The van der Waals surface area contributed by atoms with Crippen LogP contribution >= 0.6 is 0 Å². The van der Waals surface area contributed by atoms with Crippen LogP contribution < -0.4 is 16.0 Å². The number of rotatable bonds is 7. The average molecular weight is 291 g/mol. The van der Waals surface area contributed by atoms with Gasteiger partial charge in [-0.25, -0.2) is 0 Å². The number of aryl methyl sites for hydroxylation is 1. The Morgan fingerprint density at radius 2 is 1.95 bits per heavy atom. The minimum atomic E-state index is -0.0976. The van der Waals surface area contributed by atoms with E-state index in [4.69, 9.17) is 0 Å². The van der Waals surface area contributed by atoms with E-state index in [0.29, 0.717) is 31.1 Å². The van der Waals surface area contributed by atoms with Crippen LogP contribution in [0.2, 0.25) is 0 Å². The van der Waals surface area contributed by atoms with Gasteiger partial charge in [-0.15, -0.1) is 0 Å². The minimum absolute atomic E-state index is 0.0305. The van der Waals surface area contributed by atoms with Gasteiger partial charge in [0.15, 0.2) is 0 Å². The Morgan fingerprint density at radius 1 is 1.24 bits per heavy atom. The van der Waals surface area contributed by atoms with Crippen LogP contribution in [0.25, 0.3) is 0 Å². The van der Waals surface area contributed by atoms with Crippen LogP contribution in [-0.2, 0) is 4.79 Å². The molecule has 0 atom stereocenters. The molecule has 0 saturated heterocycles. The fourth-order valence-corrected chi connectivity index (χ4v) is 1.89. The summed E-state index contributed by atoms with van der Waals surface area (Å²) in [4.78, 5) is 23.6. The quantitative estimate of drug-likeness (QED) is 0.720. The lowest BCUT2D eigenvalue weighted by Crippen LogP contribution is -2.27. The van der Waals surface area contributed by atoms with Gasteiger partial charge in [0.2, 0.25) is 5.91 Å². The molecule has 1 aromatic carbocycles. The number of benzene rings is 1. The van der Waals surface area contributed by atoms with Crippen molar-refractivity contribution in [3.05, 3.63) is 29.3 Å². The van der Waals surface area contributed by atoms with Gasteiger partial charge in [-0.2, -0.15) is 0 Å². The Morgan fingerprint density at radius 3 is 2.52 bits per heavy atom. The SMILES string of the molecule is CCNC(=O)c1ccc(NC(=O)CCNC(C)C)c(C)c1. The maximum absolute atomic E-state index is 11.8. The van der Waals surface area contributed by atoms with Crippen LogP contribution in [-0.4, -0.2) is 30.9 Å². The van der Waals surface area contributed by atoms with E-state index in [1.807, 2.05) is 27.7 Å². The highest BCUT2D eigenvalue weighted by Crippen LogP contribution is 2.16. The smallest absolute Gasteiger partial charge is 0.251 e. The predicted octanol–water partition coefficient (Wildman–Crippen LogP) is 2.07. The fourth-order valence-electron chi connectivity index (χ4n) is 1.89. The van der Waals surface area contributed by atoms with E-state index in [-0.39, 0.29) is 11.8 Å². The summed E-state index contributed by atoms with van der Waals surface area (Å²) in [6.07, 6.45) is 0.426. The lowest BCUT2D eigenvalue weighted by molar-refractivity contribution is -0.116. The first-order valence-corrected chi connectivity index (χ1v) is 7.36. The third-order valence-corrected chi connectivity index (χ3v) is 3.00. The Bertz CT molecular complexity index is 498. The second-order valence-corrected chi connectivity index (χ2v) is 5.30. The largest absolute Gasteiger partial charge is 0.352 e. The highest BCUT2D eigenvalue weighted by Gasteiger charge is 2.09. The number of nitrogens with one attached hydrogen (secondary N) is 3. The second kappa shape index (κ2) is 8.42. The normalized spacial score (nSPS) is 10.5. The van der Waals surface area contributed by atoms with Crippen molar-refractivity contribution in [2.24, 2.45) is 0 Å². The van der Waals surface area contributed by atoms with Gasteiger partial charge in [-0.3, -0.25) is 9.59 Å². The van der Waals surface area contributed by atoms with Gasteiger partial charge in [0.1, 0.15) is 0 Å². The number of anilines is 1. The standard InChI is InChI=1S/C16H25N3O2/c1-5-17-16(21)13-6-7-14(12(4)10-13)19-15(20)8-9-18-11(2)3/h6-7,10-11,18H,5,8-9H2,1-4H3,(H,17,21)(H,19,20). The van der Waals surface area contributed by atoms with Crippen LogP contribution in [0, 0.1) is 6.92 Å². The molecule has 0 bridgehead atoms. The van der Waals surface area contributed by atoms with Crippen molar-refractivity contribution >= 4 is 17.5 Å². The van der Waals surface area contributed by atoms with Crippen molar-refractivity contribution in [1.29, 1.82) is 0 Å². The third kappa shape index (κ3) is 5.95. The van der Waals surface area contributed by atoms with Crippen LogP contribution in [0.5, 0.6) is 0 Å². The molecular weight excluding hydrogens is 266 g/mol. The van der Waals surface area contributed by atoms with Crippen LogP contribution in [0.1, 0.15) is 43.1 Å². The van der Waals surface area contributed by atoms with Crippen LogP contribution in [0.3, 0.4) is 0 Å². The summed E-state index contributed by atoms with van der Waals surface area (Å²) >= 11 is 0. The van der Waals surface area contributed by atoms with Gasteiger partial charge in [0.05, 0.1) is 0 Å². The number of hydrogen-bond donors (Lipinski definition) is 3. The fraction of sp³-hybridized carbons (Fsp3) is 0.500. The van der Waals surface area contributed by atoms with Gasteiger partial charge < -0.3 is 16.0 Å². The summed E-state index contributed by atoms with van der Waals surface area (Å²) in [5.74, 6) is -0.128. The zero-order valence-corrected chi connectivity index (χ0v) is 13.2. The Balaban J connectivity index is 2.60. The Kier molecular flexibility index (Phi) is 6.88. The first-order chi connectivity index (χ1) is 9.93. The predicted molar refractivity (Wildman–Crippen MR) is 85.6 cm³/mol. The van der Waals surface area contributed by atoms with Crippen molar-refractivity contribution in [2.75, 3.05) is 18.4 Å². The molecular formula is C16H25N3O2. The van der Waals surface area contributed by atoms with Gasteiger partial charge in [-0.1, -0.05) is 13.8 Å². The van der Waals surface area contributed by atoms with E-state index < -0.39 is 0 Å². The molecule has 0 fully saturated rings. The van der Waals surface area contributed by atoms with Crippen LogP contribution in [0.15, 0.2) is 18.2 Å². The lowest BCUT2D eigenvalue weighted by Gasteiger charge is -2.11. The molecule has 1 aromatic rings. The van der Waals surface area contributed by atoms with Crippen molar-refractivity contribution in [1.82, 2.24) is 10.6 Å². The zero-order valence-electron chi connectivity index (χ0n) is 13.2. The van der Waals surface area contributed by atoms with E-state index >= 15 is 0 Å². The van der Waals surface area contributed by atoms with Crippen molar-refractivity contribution in [2.45, 2.75) is 40.2 Å². The maximum atomic E-state index is 11.8. The van der Waals surface area contributed by atoms with Gasteiger partial charge in [0.25, 0.3) is 5.91 Å². The monoisotopic (exact) mass is 291 g/mol. The van der Waals surface area contributed by atoms with E-state index in [0.717, 1.165) is 11.3 Å². The van der Waals surface area contributed by atoms with E-state index in [2.05, 4.69) is 16.0 Å². The molecule has 0 aliphatic rings. The van der Waals surface area contributed by atoms with E-state index in [1.165, 1.54) is 0 Å². The number of carbonyl (C=O) groups excluding carboxylic acids is 2. The summed E-state index contributed by atoms with van der Waals surface area (Å²) < 4.78 is 0. The molecule has 116 valence electrons. The summed E-state index contributed by atoms with van der Waals surface area (Å²) in [5, 5.41) is 8.83. The van der Waals surface area contributed by atoms with E-state index in [9.17, 15) is 9.59 Å². The molecule has 3 N–H and O–H groups in total. The molecule has 21 heavy (non-hydrogen) atoms. The topological polar surface area (TPSA) is 70.2 Å². The highest BCUT2D eigenvalue weighted by molar-refractivity contribution is 5.96. The molecule has 0 aliphatic heterocycles. The zero-order chi connectivity index (χ0) is 15.8. The number of hydrogen-bond acceptors (Lipinski definition) is 3. The number of carbonyl (C=O) groups is 2.